The van der Waals surface area contributed by atoms with E-state index in [0.29, 0.717) is 32.1 Å². The van der Waals surface area contributed by atoms with Crippen LogP contribution in [0.4, 0.5) is 5.69 Å². The number of carbonyl (C=O) groups is 1. The number of halogens is 2. The summed E-state index contributed by atoms with van der Waals surface area (Å²) in [6.45, 7) is 1.55. The molecule has 1 heterocycles. The summed E-state index contributed by atoms with van der Waals surface area (Å²) in [5.74, 6) is -1.15. The van der Waals surface area contributed by atoms with Crippen LogP contribution in [-0.4, -0.2) is 19.5 Å². The van der Waals surface area contributed by atoms with Gasteiger partial charge < -0.3 is 5.11 Å². The minimum atomic E-state index is -3.85. The van der Waals surface area contributed by atoms with E-state index in [2.05, 4.69) is 20.7 Å². The van der Waals surface area contributed by atoms with Crippen LogP contribution in [0, 0.1) is 6.92 Å². The highest BCUT2D eigenvalue weighted by atomic mass is 79.9. The number of carboxylic acid groups (broad SMARTS) is 1. The van der Waals surface area contributed by atoms with Gasteiger partial charge in [0.15, 0.2) is 0 Å². The van der Waals surface area contributed by atoms with Gasteiger partial charge in [-0.3, -0.25) is 4.72 Å². The zero-order valence-electron chi connectivity index (χ0n) is 10.6. The normalized spacial score (nSPS) is 11.4. The van der Waals surface area contributed by atoms with Crippen molar-refractivity contribution >= 4 is 60.5 Å². The maximum Gasteiger partial charge on any atom is 0.346 e. The molecule has 0 fully saturated rings. The van der Waals surface area contributed by atoms with Gasteiger partial charge in [0.05, 0.1) is 10.7 Å². The van der Waals surface area contributed by atoms with Crippen molar-refractivity contribution in [2.45, 2.75) is 11.1 Å². The quantitative estimate of drug-likeness (QED) is 0.799. The Morgan fingerprint density at radius 1 is 1.38 bits per heavy atom. The van der Waals surface area contributed by atoms with Gasteiger partial charge in [-0.2, -0.15) is 0 Å². The largest absolute Gasteiger partial charge is 0.477 e. The molecule has 1 aromatic carbocycles. The number of carboxylic acids is 1. The Bertz CT molecular complexity index is 817. The van der Waals surface area contributed by atoms with E-state index in [9.17, 15) is 13.2 Å². The molecule has 1 aromatic heterocycles. The molecule has 0 amide bonds. The first-order valence-corrected chi connectivity index (χ1v) is 8.99. The van der Waals surface area contributed by atoms with Crippen LogP contribution in [0.1, 0.15) is 15.2 Å². The molecule has 0 aliphatic carbocycles. The topological polar surface area (TPSA) is 83.5 Å². The van der Waals surface area contributed by atoms with Gasteiger partial charge in [0.2, 0.25) is 0 Å². The lowest BCUT2D eigenvalue weighted by Gasteiger charge is -2.07. The monoisotopic (exact) mass is 409 g/mol. The van der Waals surface area contributed by atoms with E-state index in [1.165, 1.54) is 12.1 Å². The van der Waals surface area contributed by atoms with Crippen LogP contribution in [0.3, 0.4) is 0 Å². The fourth-order valence-corrected chi connectivity index (χ4v) is 4.42. The van der Waals surface area contributed by atoms with Crippen LogP contribution < -0.4 is 4.72 Å². The molecule has 0 aliphatic rings. The fourth-order valence-electron chi connectivity index (χ4n) is 1.56. The van der Waals surface area contributed by atoms with E-state index in [0.717, 1.165) is 0 Å². The molecule has 0 saturated carbocycles. The van der Waals surface area contributed by atoms with Gasteiger partial charge in [0.25, 0.3) is 10.0 Å². The molecule has 0 aliphatic heterocycles. The van der Waals surface area contributed by atoms with E-state index in [1.807, 2.05) is 0 Å². The average Bonchev–Trinajstić information content (AvgIpc) is 2.77. The van der Waals surface area contributed by atoms with Crippen LogP contribution in [0.2, 0.25) is 5.02 Å². The van der Waals surface area contributed by atoms with Crippen LogP contribution in [0.5, 0.6) is 0 Å². The smallest absolute Gasteiger partial charge is 0.346 e. The number of nitrogens with one attached hydrogen (secondary N) is 1. The molecule has 2 rings (SSSR count). The Hall–Kier alpha value is -1.09. The highest BCUT2D eigenvalue weighted by Gasteiger charge is 2.22. The number of hydrogen-bond acceptors (Lipinski definition) is 4. The van der Waals surface area contributed by atoms with Crippen LogP contribution in [0.25, 0.3) is 0 Å². The number of rotatable bonds is 4. The predicted molar refractivity (Wildman–Crippen MR) is 86.0 cm³/mol. The average molecular weight is 411 g/mol. The molecule has 0 spiro atoms. The molecule has 0 radical (unpaired) electrons. The lowest BCUT2D eigenvalue weighted by molar-refractivity contribution is 0.0701. The number of sulfonamides is 1. The molecule has 2 N–H and O–H groups in total. The standard InChI is InChI=1S/C12H9BrClNO4S2/c1-6-4-10(20-11(6)12(16)17)21(18,19)15-7-2-3-8(13)9(14)5-7/h2-5,15H,1H3,(H,16,17). The molecule has 2 aromatic rings. The maximum atomic E-state index is 12.2. The number of benzene rings is 1. The van der Waals surface area contributed by atoms with Crippen molar-refractivity contribution in [3.63, 3.8) is 0 Å². The second kappa shape index (κ2) is 5.96. The van der Waals surface area contributed by atoms with Crippen LogP contribution >= 0.6 is 38.9 Å². The van der Waals surface area contributed by atoms with E-state index >= 15 is 0 Å². The third-order valence-corrected chi connectivity index (χ3v) is 6.84. The van der Waals surface area contributed by atoms with E-state index in [-0.39, 0.29) is 9.09 Å². The van der Waals surface area contributed by atoms with E-state index < -0.39 is 16.0 Å². The Morgan fingerprint density at radius 3 is 2.57 bits per heavy atom. The summed E-state index contributed by atoms with van der Waals surface area (Å²) in [4.78, 5) is 11.0. The molecule has 112 valence electrons. The highest BCUT2D eigenvalue weighted by molar-refractivity contribution is 9.10. The Morgan fingerprint density at radius 2 is 2.05 bits per heavy atom. The van der Waals surface area contributed by atoms with Gasteiger partial charge in [-0.15, -0.1) is 11.3 Å². The Labute approximate surface area is 138 Å². The van der Waals surface area contributed by atoms with Gasteiger partial charge in [-0.1, -0.05) is 11.6 Å². The van der Waals surface area contributed by atoms with E-state index in [4.69, 9.17) is 16.7 Å². The molecule has 5 nitrogen and oxygen atoms in total. The number of anilines is 1. The van der Waals surface area contributed by atoms with Gasteiger partial charge >= 0.3 is 5.97 Å². The van der Waals surface area contributed by atoms with Gasteiger partial charge in [-0.25, -0.2) is 13.2 Å². The molecular weight excluding hydrogens is 402 g/mol. The number of aryl methyl sites for hydroxylation is 1. The summed E-state index contributed by atoms with van der Waals surface area (Å²) >= 11 is 9.82. The Kier molecular flexibility index (Phi) is 4.62. The van der Waals surface area contributed by atoms with E-state index in [1.54, 1.807) is 19.1 Å². The lowest BCUT2D eigenvalue weighted by Crippen LogP contribution is -2.11. The van der Waals surface area contributed by atoms with Crippen molar-refractivity contribution in [1.82, 2.24) is 0 Å². The summed E-state index contributed by atoms with van der Waals surface area (Å²) in [5.41, 5.74) is 0.702. The SMILES string of the molecule is Cc1cc(S(=O)(=O)Nc2ccc(Br)c(Cl)c2)sc1C(=O)O. The summed E-state index contributed by atoms with van der Waals surface area (Å²) in [7, 11) is -3.85. The summed E-state index contributed by atoms with van der Waals surface area (Å²) in [6, 6.07) is 5.95. The van der Waals surface area contributed by atoms with Crippen molar-refractivity contribution in [1.29, 1.82) is 0 Å². The first-order chi connectivity index (χ1) is 9.70. The van der Waals surface area contributed by atoms with Gasteiger partial charge in [0.1, 0.15) is 9.09 Å². The summed E-state index contributed by atoms with van der Waals surface area (Å²) < 4.78 is 27.4. The molecule has 0 saturated heterocycles. The summed E-state index contributed by atoms with van der Waals surface area (Å²) in [6.07, 6.45) is 0. The second-order valence-corrected chi connectivity index (χ2v) is 8.34. The number of hydrogen-bond donors (Lipinski definition) is 2. The molecule has 0 bridgehead atoms. The Balaban J connectivity index is 2.36. The zero-order chi connectivity index (χ0) is 15.8. The number of aromatic carboxylic acids is 1. The molecule has 21 heavy (non-hydrogen) atoms. The van der Waals surface area contributed by atoms with Crippen molar-refractivity contribution in [2.75, 3.05) is 4.72 Å². The lowest BCUT2D eigenvalue weighted by atomic mass is 10.3. The van der Waals surface area contributed by atoms with Crippen molar-refractivity contribution < 1.29 is 18.3 Å². The third kappa shape index (κ3) is 3.57. The van der Waals surface area contributed by atoms with Crippen molar-refractivity contribution in [3.8, 4) is 0 Å². The molecule has 9 heteroatoms. The zero-order valence-corrected chi connectivity index (χ0v) is 14.5. The van der Waals surface area contributed by atoms with Crippen molar-refractivity contribution in [3.05, 3.63) is 44.2 Å². The summed E-state index contributed by atoms with van der Waals surface area (Å²) in [5, 5.41) is 9.34. The fraction of sp³-hybridized carbons (Fsp3) is 0.0833. The van der Waals surface area contributed by atoms with Crippen LogP contribution in [0.15, 0.2) is 32.9 Å². The van der Waals surface area contributed by atoms with Crippen LogP contribution in [-0.2, 0) is 10.0 Å². The molecular formula is C12H9BrClNO4S2. The second-order valence-electron chi connectivity index (χ2n) is 4.12. The highest BCUT2D eigenvalue weighted by Crippen LogP contribution is 2.30. The first kappa shape index (κ1) is 16.3. The molecule has 0 atom stereocenters. The van der Waals surface area contributed by atoms with Gasteiger partial charge in [0, 0.05) is 4.47 Å². The predicted octanol–water partition coefficient (Wildman–Crippen LogP) is 3.97. The maximum absolute atomic E-state index is 12.2. The first-order valence-electron chi connectivity index (χ1n) is 5.52. The van der Waals surface area contributed by atoms with Gasteiger partial charge in [-0.05, 0) is 52.7 Å². The van der Waals surface area contributed by atoms with Crippen molar-refractivity contribution in [2.24, 2.45) is 0 Å². The third-order valence-electron chi connectivity index (χ3n) is 2.53. The number of thiophene rings is 1. The minimum Gasteiger partial charge on any atom is -0.477 e. The minimum absolute atomic E-state index is 0.00390. The molecule has 0 unspecified atom stereocenters.